The summed E-state index contributed by atoms with van der Waals surface area (Å²) in [5.74, 6) is -0.0726. The number of thiazole rings is 1. The van der Waals surface area contributed by atoms with E-state index in [4.69, 9.17) is 11.6 Å². The first-order chi connectivity index (χ1) is 11.6. The second-order valence-corrected chi connectivity index (χ2v) is 7.01. The molecule has 1 amide bonds. The maximum absolute atomic E-state index is 12.1. The minimum Gasteiger partial charge on any atom is -0.302 e. The Morgan fingerprint density at radius 3 is 2.96 bits per heavy atom. The topological polar surface area (TPSA) is 59.8 Å². The molecule has 0 bridgehead atoms. The molecule has 5 nitrogen and oxygen atoms in total. The van der Waals surface area contributed by atoms with Gasteiger partial charge in [0.2, 0.25) is 5.91 Å². The normalized spacial score (nSPS) is 12.1. The van der Waals surface area contributed by atoms with Crippen LogP contribution in [0.25, 0.3) is 0 Å². The summed E-state index contributed by atoms with van der Waals surface area (Å²) in [7, 11) is 0. The zero-order valence-corrected chi connectivity index (χ0v) is 14.7. The van der Waals surface area contributed by atoms with Crippen molar-refractivity contribution in [3.05, 3.63) is 64.4 Å². The van der Waals surface area contributed by atoms with Crippen LogP contribution < -0.4 is 5.32 Å². The van der Waals surface area contributed by atoms with Crippen LogP contribution in [0, 0.1) is 0 Å². The van der Waals surface area contributed by atoms with E-state index in [1.807, 2.05) is 43.5 Å². The van der Waals surface area contributed by atoms with Crippen LogP contribution in [0.4, 0.5) is 5.13 Å². The highest BCUT2D eigenvalue weighted by molar-refractivity contribution is 7.15. The molecule has 0 aliphatic heterocycles. The molecular formula is C17H17ClN4OS. The second kappa shape index (κ2) is 7.59. The Hall–Kier alpha value is -2.18. The Morgan fingerprint density at radius 2 is 2.21 bits per heavy atom. The highest BCUT2D eigenvalue weighted by Gasteiger charge is 2.13. The van der Waals surface area contributed by atoms with Gasteiger partial charge in [-0.15, -0.1) is 11.3 Å². The van der Waals surface area contributed by atoms with E-state index in [2.05, 4.69) is 15.4 Å². The standard InChI is InChI=1S/C17H17ClN4OS/c1-12(22-8-4-7-20-22)9-16(23)21-17-19-11-14(24-17)10-13-5-2-3-6-15(13)18/h2-8,11-12H,9-10H2,1H3,(H,19,21,23). The molecule has 0 aliphatic rings. The molecule has 1 aromatic carbocycles. The SMILES string of the molecule is CC(CC(=O)Nc1ncc(Cc2ccccc2Cl)s1)n1cccn1. The molecule has 0 aliphatic carbocycles. The number of hydrogen-bond donors (Lipinski definition) is 1. The lowest BCUT2D eigenvalue weighted by atomic mass is 10.1. The predicted octanol–water partition coefficient (Wildman–Crippen LogP) is 4.17. The largest absolute Gasteiger partial charge is 0.302 e. The number of nitrogens with zero attached hydrogens (tertiary/aromatic N) is 3. The molecule has 24 heavy (non-hydrogen) atoms. The van der Waals surface area contributed by atoms with Crippen LogP contribution in [0.3, 0.4) is 0 Å². The van der Waals surface area contributed by atoms with Gasteiger partial charge >= 0.3 is 0 Å². The van der Waals surface area contributed by atoms with Crippen molar-refractivity contribution in [2.75, 3.05) is 5.32 Å². The van der Waals surface area contributed by atoms with Crippen molar-refractivity contribution in [2.45, 2.75) is 25.8 Å². The van der Waals surface area contributed by atoms with Gasteiger partial charge in [-0.1, -0.05) is 29.8 Å². The van der Waals surface area contributed by atoms with E-state index in [0.717, 1.165) is 15.5 Å². The molecule has 0 fully saturated rings. The number of amides is 1. The van der Waals surface area contributed by atoms with Crippen LogP contribution in [0.5, 0.6) is 0 Å². The number of nitrogens with one attached hydrogen (secondary N) is 1. The number of aromatic nitrogens is 3. The minimum absolute atomic E-state index is 0.00237. The van der Waals surface area contributed by atoms with Crippen molar-refractivity contribution >= 4 is 34.0 Å². The molecular weight excluding hydrogens is 344 g/mol. The smallest absolute Gasteiger partial charge is 0.228 e. The Kier molecular flexibility index (Phi) is 5.27. The predicted molar refractivity (Wildman–Crippen MR) is 96.6 cm³/mol. The van der Waals surface area contributed by atoms with Crippen molar-refractivity contribution in [1.82, 2.24) is 14.8 Å². The number of hydrogen-bond acceptors (Lipinski definition) is 4. The molecule has 3 rings (SSSR count). The number of halogens is 1. The maximum Gasteiger partial charge on any atom is 0.228 e. The summed E-state index contributed by atoms with van der Waals surface area (Å²) in [5.41, 5.74) is 1.05. The van der Waals surface area contributed by atoms with Crippen molar-refractivity contribution in [3.63, 3.8) is 0 Å². The fourth-order valence-electron chi connectivity index (χ4n) is 2.35. The molecule has 0 spiro atoms. The Balaban J connectivity index is 1.58. The van der Waals surface area contributed by atoms with Gasteiger partial charge in [0.15, 0.2) is 5.13 Å². The first kappa shape index (κ1) is 16.7. The number of carbonyl (C=O) groups excluding carboxylic acids is 1. The Labute approximate surface area is 149 Å². The Morgan fingerprint density at radius 1 is 1.38 bits per heavy atom. The molecule has 1 atom stereocenters. The number of carbonyl (C=O) groups is 1. The molecule has 124 valence electrons. The fourth-order valence-corrected chi connectivity index (χ4v) is 3.40. The lowest BCUT2D eigenvalue weighted by Gasteiger charge is -2.10. The molecule has 0 saturated carbocycles. The third-order valence-corrected chi connectivity index (χ3v) is 4.86. The average molecular weight is 361 g/mol. The first-order valence-electron chi connectivity index (χ1n) is 7.59. The molecule has 2 aromatic heterocycles. The summed E-state index contributed by atoms with van der Waals surface area (Å²) in [6, 6.07) is 9.58. The number of rotatable bonds is 6. The lowest BCUT2D eigenvalue weighted by Crippen LogP contribution is -2.17. The van der Waals surface area contributed by atoms with Gasteiger partial charge in [0, 0.05) is 41.3 Å². The van der Waals surface area contributed by atoms with Gasteiger partial charge in [-0.3, -0.25) is 9.48 Å². The van der Waals surface area contributed by atoms with Crippen LogP contribution in [0.1, 0.15) is 29.8 Å². The van der Waals surface area contributed by atoms with Crippen molar-refractivity contribution in [1.29, 1.82) is 0 Å². The average Bonchev–Trinajstić information content (AvgIpc) is 3.21. The monoisotopic (exact) mass is 360 g/mol. The van der Waals surface area contributed by atoms with Crippen LogP contribution >= 0.6 is 22.9 Å². The molecule has 1 N–H and O–H groups in total. The zero-order chi connectivity index (χ0) is 16.9. The summed E-state index contributed by atoms with van der Waals surface area (Å²) >= 11 is 7.64. The lowest BCUT2D eigenvalue weighted by molar-refractivity contribution is -0.116. The summed E-state index contributed by atoms with van der Waals surface area (Å²) in [4.78, 5) is 17.5. The third-order valence-electron chi connectivity index (χ3n) is 3.58. The van der Waals surface area contributed by atoms with E-state index in [-0.39, 0.29) is 11.9 Å². The summed E-state index contributed by atoms with van der Waals surface area (Å²) < 4.78 is 1.77. The maximum atomic E-state index is 12.1. The number of benzene rings is 1. The van der Waals surface area contributed by atoms with Crippen molar-refractivity contribution in [3.8, 4) is 0 Å². The van der Waals surface area contributed by atoms with Gasteiger partial charge in [-0.2, -0.15) is 5.10 Å². The second-order valence-electron chi connectivity index (χ2n) is 5.49. The Bertz CT molecular complexity index is 816. The summed E-state index contributed by atoms with van der Waals surface area (Å²) in [6.07, 6.45) is 6.39. The van der Waals surface area contributed by atoms with E-state index in [9.17, 15) is 4.79 Å². The van der Waals surface area contributed by atoms with Crippen LogP contribution in [0.2, 0.25) is 5.02 Å². The van der Waals surface area contributed by atoms with E-state index in [0.29, 0.717) is 18.0 Å². The van der Waals surface area contributed by atoms with Crippen molar-refractivity contribution < 1.29 is 4.79 Å². The van der Waals surface area contributed by atoms with Crippen LogP contribution in [-0.2, 0) is 11.2 Å². The third kappa shape index (κ3) is 4.21. The van der Waals surface area contributed by atoms with Gasteiger partial charge in [-0.25, -0.2) is 4.98 Å². The van der Waals surface area contributed by atoms with Gasteiger partial charge < -0.3 is 5.32 Å². The zero-order valence-electron chi connectivity index (χ0n) is 13.1. The van der Waals surface area contributed by atoms with E-state index in [1.165, 1.54) is 11.3 Å². The number of anilines is 1. The van der Waals surface area contributed by atoms with E-state index in [1.54, 1.807) is 17.1 Å². The first-order valence-corrected chi connectivity index (χ1v) is 8.78. The van der Waals surface area contributed by atoms with Crippen molar-refractivity contribution in [2.24, 2.45) is 0 Å². The molecule has 0 saturated heterocycles. The highest BCUT2D eigenvalue weighted by atomic mass is 35.5. The summed E-state index contributed by atoms with van der Waals surface area (Å²) in [6.45, 7) is 1.96. The molecule has 2 heterocycles. The van der Waals surface area contributed by atoms with Gasteiger partial charge in [0.1, 0.15) is 0 Å². The van der Waals surface area contributed by atoms with E-state index < -0.39 is 0 Å². The van der Waals surface area contributed by atoms with Gasteiger partial charge in [-0.05, 0) is 24.6 Å². The van der Waals surface area contributed by atoms with Crippen LogP contribution in [0.15, 0.2) is 48.9 Å². The highest BCUT2D eigenvalue weighted by Crippen LogP contribution is 2.25. The minimum atomic E-state index is -0.0726. The van der Waals surface area contributed by atoms with Gasteiger partial charge in [0.05, 0.1) is 6.04 Å². The quantitative estimate of drug-likeness (QED) is 0.717. The van der Waals surface area contributed by atoms with Crippen LogP contribution in [-0.4, -0.2) is 20.7 Å². The van der Waals surface area contributed by atoms with Gasteiger partial charge in [0.25, 0.3) is 0 Å². The molecule has 1 unspecified atom stereocenters. The summed E-state index contributed by atoms with van der Waals surface area (Å²) in [5, 5.41) is 8.34. The molecule has 7 heteroatoms. The van der Waals surface area contributed by atoms with E-state index >= 15 is 0 Å². The fraction of sp³-hybridized carbons (Fsp3) is 0.235. The molecule has 3 aromatic rings. The molecule has 0 radical (unpaired) electrons.